The van der Waals surface area contributed by atoms with Crippen LogP contribution >= 0.6 is 0 Å². The van der Waals surface area contributed by atoms with Crippen molar-refractivity contribution < 1.29 is 5.21 Å². The molecule has 0 spiro atoms. The van der Waals surface area contributed by atoms with Crippen molar-refractivity contribution in [2.24, 2.45) is 0 Å². The van der Waals surface area contributed by atoms with E-state index in [9.17, 15) is 5.21 Å². The Morgan fingerprint density at radius 2 is 1.45 bits per heavy atom. The fraction of sp³-hybridized carbons (Fsp3) is 0.316. The molecule has 1 saturated heterocycles. The lowest BCUT2D eigenvalue weighted by Gasteiger charge is -2.34. The normalized spacial score (nSPS) is 14.0. The Kier molecular flexibility index (Phi) is 5.91. The molecule has 150 valence electrons. The van der Waals surface area contributed by atoms with Gasteiger partial charge in [0.15, 0.2) is 0 Å². The van der Waals surface area contributed by atoms with Crippen LogP contribution in [0.25, 0.3) is 0 Å². The molecular weight excluding hydrogens is 370 g/mol. The van der Waals surface area contributed by atoms with Crippen molar-refractivity contribution >= 4 is 23.8 Å². The van der Waals surface area contributed by atoms with Crippen molar-refractivity contribution in [2.45, 2.75) is 6.42 Å². The minimum atomic E-state index is 0.117. The first kappa shape index (κ1) is 18.8. The molecule has 0 atom stereocenters. The maximum absolute atomic E-state index is 9.31. The Bertz CT molecular complexity index is 902. The number of piperazine rings is 1. The first-order valence-electron chi connectivity index (χ1n) is 9.53. The monoisotopic (exact) mass is 393 g/mol. The molecule has 1 aromatic carbocycles. The Hall–Kier alpha value is -3.53. The number of benzene rings is 1. The summed E-state index contributed by atoms with van der Waals surface area (Å²) < 4.78 is 0. The summed E-state index contributed by atoms with van der Waals surface area (Å²) in [5, 5.41) is 12.5. The SMILES string of the molecule is ONc1nc(NCCc2ccccc2)nc(N2CCN(c3ncccn3)CC2)n1. The quantitative estimate of drug-likeness (QED) is 0.509. The average Bonchev–Trinajstić information content (AvgIpc) is 2.80. The van der Waals surface area contributed by atoms with Gasteiger partial charge in [0, 0.05) is 45.1 Å². The van der Waals surface area contributed by atoms with Gasteiger partial charge < -0.3 is 15.1 Å². The van der Waals surface area contributed by atoms with Gasteiger partial charge >= 0.3 is 0 Å². The summed E-state index contributed by atoms with van der Waals surface area (Å²) in [6, 6.07) is 12.0. The highest BCUT2D eigenvalue weighted by molar-refractivity contribution is 5.45. The van der Waals surface area contributed by atoms with Crippen molar-refractivity contribution in [1.82, 2.24) is 24.9 Å². The van der Waals surface area contributed by atoms with Gasteiger partial charge in [0.25, 0.3) is 5.95 Å². The van der Waals surface area contributed by atoms with Gasteiger partial charge in [0.05, 0.1) is 0 Å². The largest absolute Gasteiger partial charge is 0.354 e. The molecule has 0 aliphatic carbocycles. The van der Waals surface area contributed by atoms with E-state index >= 15 is 0 Å². The van der Waals surface area contributed by atoms with Gasteiger partial charge in [-0.2, -0.15) is 15.0 Å². The Labute approximate surface area is 168 Å². The van der Waals surface area contributed by atoms with Gasteiger partial charge in [-0.3, -0.25) is 5.21 Å². The van der Waals surface area contributed by atoms with Crippen LogP contribution in [0, 0.1) is 0 Å². The zero-order valence-electron chi connectivity index (χ0n) is 15.9. The van der Waals surface area contributed by atoms with E-state index in [0.29, 0.717) is 18.4 Å². The fourth-order valence-electron chi connectivity index (χ4n) is 3.16. The van der Waals surface area contributed by atoms with Crippen LogP contribution in [0.5, 0.6) is 0 Å². The van der Waals surface area contributed by atoms with Crippen LogP contribution in [0.4, 0.5) is 23.8 Å². The zero-order valence-corrected chi connectivity index (χ0v) is 15.9. The molecule has 0 bridgehead atoms. The Morgan fingerprint density at radius 3 is 2.14 bits per heavy atom. The van der Waals surface area contributed by atoms with E-state index in [0.717, 1.165) is 38.5 Å². The average molecular weight is 393 g/mol. The Morgan fingerprint density at radius 1 is 0.793 bits per heavy atom. The molecule has 1 aliphatic heterocycles. The Balaban J connectivity index is 1.39. The van der Waals surface area contributed by atoms with Crippen molar-refractivity contribution in [3.63, 3.8) is 0 Å². The maximum atomic E-state index is 9.31. The van der Waals surface area contributed by atoms with Gasteiger partial charge in [-0.05, 0) is 18.1 Å². The summed E-state index contributed by atoms with van der Waals surface area (Å²) in [5.41, 5.74) is 3.26. The van der Waals surface area contributed by atoms with E-state index in [1.165, 1.54) is 5.56 Å². The summed E-state index contributed by atoms with van der Waals surface area (Å²) in [5.74, 6) is 1.79. The van der Waals surface area contributed by atoms with Crippen LogP contribution in [0.1, 0.15) is 5.56 Å². The minimum Gasteiger partial charge on any atom is -0.354 e. The molecule has 0 radical (unpaired) electrons. The standard InChI is InChI=1S/C19H23N9O/c29-26-17-23-16(20-10-7-15-5-2-1-3-6-15)24-19(25-17)28-13-11-27(12-14-28)18-21-8-4-9-22-18/h1-6,8-9,29H,7,10-14H2,(H2,20,23,24,25,26). The first-order valence-corrected chi connectivity index (χ1v) is 9.53. The maximum Gasteiger partial charge on any atom is 0.253 e. The molecule has 2 aromatic heterocycles. The van der Waals surface area contributed by atoms with Gasteiger partial charge in [0.1, 0.15) is 0 Å². The smallest absolute Gasteiger partial charge is 0.253 e. The van der Waals surface area contributed by atoms with E-state index < -0.39 is 0 Å². The summed E-state index contributed by atoms with van der Waals surface area (Å²) in [6.45, 7) is 3.63. The molecule has 3 aromatic rings. The second-order valence-electron chi connectivity index (χ2n) is 6.58. The lowest BCUT2D eigenvalue weighted by molar-refractivity contribution is 0.382. The predicted octanol–water partition coefficient (Wildman–Crippen LogP) is 1.44. The van der Waals surface area contributed by atoms with Crippen molar-refractivity contribution in [2.75, 3.05) is 53.3 Å². The van der Waals surface area contributed by atoms with Crippen LogP contribution in [-0.4, -0.2) is 62.9 Å². The molecule has 1 aliphatic rings. The van der Waals surface area contributed by atoms with Gasteiger partial charge in [-0.25, -0.2) is 15.4 Å². The van der Waals surface area contributed by atoms with Crippen LogP contribution in [0.15, 0.2) is 48.8 Å². The molecule has 10 heteroatoms. The number of nitrogens with zero attached hydrogens (tertiary/aromatic N) is 7. The summed E-state index contributed by atoms with van der Waals surface area (Å²) >= 11 is 0. The van der Waals surface area contributed by atoms with Gasteiger partial charge in [-0.15, -0.1) is 0 Å². The van der Waals surface area contributed by atoms with E-state index in [1.54, 1.807) is 18.5 Å². The highest BCUT2D eigenvalue weighted by atomic mass is 16.5. The molecule has 1 fully saturated rings. The number of hydrogen-bond acceptors (Lipinski definition) is 10. The molecule has 10 nitrogen and oxygen atoms in total. The second-order valence-corrected chi connectivity index (χ2v) is 6.58. The molecule has 3 heterocycles. The molecule has 3 N–H and O–H groups in total. The molecule has 4 rings (SSSR count). The highest BCUT2D eigenvalue weighted by Crippen LogP contribution is 2.17. The predicted molar refractivity (Wildman–Crippen MR) is 110 cm³/mol. The van der Waals surface area contributed by atoms with E-state index in [4.69, 9.17) is 0 Å². The number of aromatic nitrogens is 5. The number of nitrogens with one attached hydrogen (secondary N) is 2. The summed E-state index contributed by atoms with van der Waals surface area (Å²) in [7, 11) is 0. The third-order valence-corrected chi connectivity index (χ3v) is 4.66. The summed E-state index contributed by atoms with van der Waals surface area (Å²) in [4.78, 5) is 25.8. The number of hydrogen-bond donors (Lipinski definition) is 3. The van der Waals surface area contributed by atoms with E-state index in [-0.39, 0.29) is 5.95 Å². The van der Waals surface area contributed by atoms with Crippen molar-refractivity contribution in [3.8, 4) is 0 Å². The summed E-state index contributed by atoms with van der Waals surface area (Å²) in [6.07, 6.45) is 4.33. The van der Waals surface area contributed by atoms with Crippen molar-refractivity contribution in [1.29, 1.82) is 0 Å². The van der Waals surface area contributed by atoms with Crippen LogP contribution in [0.3, 0.4) is 0 Å². The van der Waals surface area contributed by atoms with Gasteiger partial charge in [0.2, 0.25) is 17.8 Å². The van der Waals surface area contributed by atoms with Crippen LogP contribution in [0.2, 0.25) is 0 Å². The van der Waals surface area contributed by atoms with Gasteiger partial charge in [-0.1, -0.05) is 30.3 Å². The zero-order chi connectivity index (χ0) is 19.9. The van der Waals surface area contributed by atoms with E-state index in [2.05, 4.69) is 52.2 Å². The third kappa shape index (κ3) is 4.85. The molecule has 29 heavy (non-hydrogen) atoms. The van der Waals surface area contributed by atoms with Crippen molar-refractivity contribution in [3.05, 3.63) is 54.4 Å². The fourth-order valence-corrected chi connectivity index (χ4v) is 3.16. The topological polar surface area (TPSA) is 115 Å². The third-order valence-electron chi connectivity index (χ3n) is 4.66. The van der Waals surface area contributed by atoms with Crippen LogP contribution in [-0.2, 0) is 6.42 Å². The minimum absolute atomic E-state index is 0.117. The molecule has 0 unspecified atom stereocenters. The van der Waals surface area contributed by atoms with E-state index in [1.807, 2.05) is 23.7 Å². The molecular formula is C19H23N9O. The second kappa shape index (κ2) is 9.11. The highest BCUT2D eigenvalue weighted by Gasteiger charge is 2.21. The number of anilines is 4. The molecule has 0 saturated carbocycles. The number of rotatable bonds is 7. The molecule has 0 amide bonds. The lowest BCUT2D eigenvalue weighted by Crippen LogP contribution is -2.47. The lowest BCUT2D eigenvalue weighted by atomic mass is 10.1. The van der Waals surface area contributed by atoms with Crippen LogP contribution < -0.4 is 20.6 Å². The first-order chi connectivity index (χ1) is 14.3.